The highest BCUT2D eigenvalue weighted by Crippen LogP contribution is 2.44. The Kier molecular flexibility index (Phi) is 3.94. The fraction of sp³-hybridized carbons (Fsp3) is 0.300. The van der Waals surface area contributed by atoms with Gasteiger partial charge in [0, 0.05) is 12.1 Å². The van der Waals surface area contributed by atoms with Crippen LogP contribution in [0.15, 0.2) is 12.1 Å². The molecule has 1 amide bonds. The molecule has 1 atom stereocenters. The number of ether oxygens (including phenoxy) is 1. The number of cyclic esters (lactones) is 1. The van der Waals surface area contributed by atoms with Crippen molar-refractivity contribution in [2.45, 2.75) is 12.0 Å². The molecule has 0 bridgehead atoms. The number of aromatic hydroxyl groups is 3. The third-order valence-electron chi connectivity index (χ3n) is 2.49. The zero-order valence-electron chi connectivity index (χ0n) is 9.26. The van der Waals surface area contributed by atoms with E-state index in [0.717, 1.165) is 12.1 Å². The predicted octanol–water partition coefficient (Wildman–Crippen LogP) is 1.64. The average Bonchev–Trinajstić information content (AvgIpc) is 2.22. The van der Waals surface area contributed by atoms with Crippen molar-refractivity contribution in [3.05, 3.63) is 17.7 Å². The Morgan fingerprint density at radius 1 is 1.26 bits per heavy atom. The minimum absolute atomic E-state index is 0. The zero-order chi connectivity index (χ0) is 13.5. The van der Waals surface area contributed by atoms with Crippen LogP contribution in [0.4, 0.5) is 13.6 Å². The molecule has 2 rings (SSSR count). The first-order valence-electron chi connectivity index (χ1n) is 4.87. The molecule has 6 nitrogen and oxygen atoms in total. The molecule has 4 N–H and O–H groups in total. The number of carbonyl (C=O) groups excluding carboxylic acids is 1. The van der Waals surface area contributed by atoms with Gasteiger partial charge < -0.3 is 25.4 Å². The van der Waals surface area contributed by atoms with Crippen molar-refractivity contribution in [3.63, 3.8) is 0 Å². The van der Waals surface area contributed by atoms with Gasteiger partial charge in [-0.2, -0.15) is 0 Å². The molecule has 1 aromatic rings. The molecule has 1 aromatic carbocycles. The van der Waals surface area contributed by atoms with Crippen LogP contribution in [0, 0.1) is 0 Å². The van der Waals surface area contributed by atoms with Crippen LogP contribution >= 0.6 is 12.4 Å². The Bertz CT molecular complexity index is 488. The number of benzene rings is 1. The number of alkyl carbamates (subject to hydrolysis) is 1. The Balaban J connectivity index is 0.00000180. The van der Waals surface area contributed by atoms with Crippen molar-refractivity contribution in [1.29, 1.82) is 0 Å². The summed E-state index contributed by atoms with van der Waals surface area (Å²) in [5.74, 6) is -5.49. The minimum Gasteiger partial charge on any atom is -0.508 e. The summed E-state index contributed by atoms with van der Waals surface area (Å²) in [6.45, 7) is -1.16. The van der Waals surface area contributed by atoms with Crippen LogP contribution in [0.3, 0.4) is 0 Å². The lowest BCUT2D eigenvalue weighted by Gasteiger charge is -2.32. The molecule has 1 aliphatic heterocycles. The second kappa shape index (κ2) is 4.96. The maximum Gasteiger partial charge on any atom is 0.408 e. The van der Waals surface area contributed by atoms with Gasteiger partial charge in [-0.3, -0.25) is 0 Å². The fourth-order valence-electron chi connectivity index (χ4n) is 1.70. The summed E-state index contributed by atoms with van der Waals surface area (Å²) in [5.41, 5.74) is -0.575. The van der Waals surface area contributed by atoms with Crippen LogP contribution in [0.25, 0.3) is 0 Å². The first-order chi connectivity index (χ1) is 8.31. The van der Waals surface area contributed by atoms with E-state index in [0.29, 0.717) is 0 Å². The maximum atomic E-state index is 13.6. The molecule has 106 valence electrons. The number of rotatable bonds is 1. The summed E-state index contributed by atoms with van der Waals surface area (Å²) in [7, 11) is 0. The molecule has 1 saturated heterocycles. The number of hydrogen-bond donors (Lipinski definition) is 4. The summed E-state index contributed by atoms with van der Waals surface area (Å²) in [5, 5.41) is 29.9. The smallest absolute Gasteiger partial charge is 0.408 e. The van der Waals surface area contributed by atoms with E-state index in [4.69, 9.17) is 5.11 Å². The highest BCUT2D eigenvalue weighted by molar-refractivity contribution is 5.85. The molecule has 19 heavy (non-hydrogen) atoms. The van der Waals surface area contributed by atoms with Crippen LogP contribution in [-0.2, 0) is 4.74 Å². The van der Waals surface area contributed by atoms with Gasteiger partial charge in [0.25, 0.3) is 0 Å². The lowest BCUT2D eigenvalue weighted by molar-refractivity contribution is -0.105. The second-order valence-corrected chi connectivity index (χ2v) is 3.81. The number of phenols is 3. The summed E-state index contributed by atoms with van der Waals surface area (Å²) < 4.78 is 31.3. The third-order valence-corrected chi connectivity index (χ3v) is 2.49. The number of nitrogens with one attached hydrogen (secondary N) is 1. The summed E-state index contributed by atoms with van der Waals surface area (Å²) in [4.78, 5) is 10.9. The highest BCUT2D eigenvalue weighted by Gasteiger charge is 2.49. The number of hydrogen-bond acceptors (Lipinski definition) is 5. The van der Waals surface area contributed by atoms with E-state index in [1.54, 1.807) is 0 Å². The Labute approximate surface area is 112 Å². The topological polar surface area (TPSA) is 99.0 Å². The van der Waals surface area contributed by atoms with E-state index in [1.165, 1.54) is 0 Å². The summed E-state index contributed by atoms with van der Waals surface area (Å²) in [6, 6.07) is -0.362. The number of carbonyl (C=O) groups is 1. The molecule has 9 heteroatoms. The van der Waals surface area contributed by atoms with Gasteiger partial charge in [0.05, 0.1) is 5.56 Å². The molecule has 0 radical (unpaired) electrons. The first-order valence-corrected chi connectivity index (χ1v) is 4.87. The first kappa shape index (κ1) is 15.1. The van der Waals surface area contributed by atoms with E-state index in [-0.39, 0.29) is 12.4 Å². The number of phenolic OH excluding ortho intramolecular Hbond substituents is 3. The van der Waals surface area contributed by atoms with E-state index in [1.807, 2.05) is 5.32 Å². The van der Waals surface area contributed by atoms with Crippen molar-refractivity contribution >= 4 is 18.5 Å². The monoisotopic (exact) mass is 297 g/mol. The highest BCUT2D eigenvalue weighted by atomic mass is 35.5. The van der Waals surface area contributed by atoms with Gasteiger partial charge in [-0.15, -0.1) is 12.4 Å². The van der Waals surface area contributed by atoms with Crippen molar-refractivity contribution < 1.29 is 33.6 Å². The maximum absolute atomic E-state index is 13.6. The SMILES string of the molecule is Cl.O=C1N[C@@H](c2c(O)cc(O)cc2O)C(F)(F)CO1. The van der Waals surface area contributed by atoms with Crippen molar-refractivity contribution in [2.75, 3.05) is 6.61 Å². The molecular formula is C10H10ClF2NO5. The zero-order valence-corrected chi connectivity index (χ0v) is 10.1. The minimum atomic E-state index is -3.50. The van der Waals surface area contributed by atoms with Gasteiger partial charge in [-0.05, 0) is 0 Å². The molecule has 0 saturated carbocycles. The second-order valence-electron chi connectivity index (χ2n) is 3.81. The van der Waals surface area contributed by atoms with Crippen LogP contribution < -0.4 is 5.32 Å². The standard InChI is InChI=1S/C10H9F2NO5.ClH/c11-10(12)3-18-9(17)13-8(10)7-5(15)1-4(14)2-6(7)16;/h1-2,8,14-16H,3H2,(H,13,17);1H/t8-;/m0./s1. The van der Waals surface area contributed by atoms with Crippen molar-refractivity contribution in [3.8, 4) is 17.2 Å². The number of halogens is 3. The number of amides is 1. The number of alkyl halides is 2. The van der Waals surface area contributed by atoms with Gasteiger partial charge in [-0.1, -0.05) is 0 Å². The van der Waals surface area contributed by atoms with E-state index in [9.17, 15) is 23.8 Å². The van der Waals surface area contributed by atoms with Crippen LogP contribution in [0.1, 0.15) is 11.6 Å². The Hall–Kier alpha value is -1.96. The van der Waals surface area contributed by atoms with Crippen molar-refractivity contribution in [1.82, 2.24) is 5.32 Å². The van der Waals surface area contributed by atoms with E-state index >= 15 is 0 Å². The molecule has 0 aromatic heterocycles. The Morgan fingerprint density at radius 2 is 1.79 bits per heavy atom. The van der Waals surface area contributed by atoms with Gasteiger partial charge >= 0.3 is 12.0 Å². The molecule has 0 unspecified atom stereocenters. The molecule has 1 heterocycles. The lowest BCUT2D eigenvalue weighted by atomic mass is 9.98. The van der Waals surface area contributed by atoms with Gasteiger partial charge in [0.2, 0.25) is 0 Å². The summed E-state index contributed by atoms with van der Waals surface area (Å²) >= 11 is 0. The molecule has 0 aliphatic carbocycles. The summed E-state index contributed by atoms with van der Waals surface area (Å²) in [6.07, 6.45) is -1.09. The molecular weight excluding hydrogens is 288 g/mol. The van der Waals surface area contributed by atoms with Gasteiger partial charge in [0.1, 0.15) is 23.3 Å². The molecule has 1 fully saturated rings. The van der Waals surface area contributed by atoms with Crippen LogP contribution in [-0.4, -0.2) is 33.9 Å². The largest absolute Gasteiger partial charge is 0.508 e. The quantitative estimate of drug-likeness (QED) is 0.631. The average molecular weight is 298 g/mol. The van der Waals surface area contributed by atoms with Gasteiger partial charge in [-0.25, -0.2) is 13.6 Å². The Morgan fingerprint density at radius 3 is 2.32 bits per heavy atom. The van der Waals surface area contributed by atoms with Crippen LogP contribution in [0.5, 0.6) is 17.2 Å². The lowest BCUT2D eigenvalue weighted by Crippen LogP contribution is -2.49. The van der Waals surface area contributed by atoms with Crippen LogP contribution in [0.2, 0.25) is 0 Å². The van der Waals surface area contributed by atoms with Crippen molar-refractivity contribution in [2.24, 2.45) is 0 Å². The van der Waals surface area contributed by atoms with Gasteiger partial charge in [0.15, 0.2) is 6.61 Å². The third kappa shape index (κ3) is 2.73. The van der Waals surface area contributed by atoms with E-state index in [2.05, 4.69) is 4.74 Å². The predicted molar refractivity (Wildman–Crippen MR) is 60.9 cm³/mol. The normalized spacial score (nSPS) is 20.9. The molecule has 0 spiro atoms. The molecule has 1 aliphatic rings. The fourth-order valence-corrected chi connectivity index (χ4v) is 1.70. The van der Waals surface area contributed by atoms with E-state index < -0.39 is 47.5 Å².